The number of anilines is 2. The first-order valence-corrected chi connectivity index (χ1v) is 8.68. The van der Waals surface area contributed by atoms with Crippen LogP contribution in [0, 0.1) is 6.92 Å². The van der Waals surface area contributed by atoms with Crippen LogP contribution in [-0.2, 0) is 9.84 Å². The number of hydrogen-bond donors (Lipinski definition) is 0. The maximum Gasteiger partial charge on any atom is 0.252 e. The Morgan fingerprint density at radius 2 is 1.95 bits per heavy atom. The molecule has 0 atom stereocenters. The van der Waals surface area contributed by atoms with Crippen molar-refractivity contribution >= 4 is 38.2 Å². The highest BCUT2D eigenvalue weighted by atomic mass is 35.5. The zero-order valence-corrected chi connectivity index (χ0v) is 13.9. The molecule has 22 heavy (non-hydrogen) atoms. The number of carbonyl (C=O) groups excluding carboxylic acids is 1. The van der Waals surface area contributed by atoms with Gasteiger partial charge in [-0.2, -0.15) is 0 Å². The second kappa shape index (κ2) is 6.06. The highest BCUT2D eigenvalue weighted by Gasteiger charge is 2.21. The summed E-state index contributed by atoms with van der Waals surface area (Å²) in [6.45, 7) is 1.71. The van der Waals surface area contributed by atoms with Gasteiger partial charge in [-0.3, -0.25) is 4.79 Å². The molecule has 0 fully saturated rings. The van der Waals surface area contributed by atoms with Crippen molar-refractivity contribution in [1.29, 1.82) is 0 Å². The maximum absolute atomic E-state index is 12.1. The minimum absolute atomic E-state index is 0.0373. The Hall–Kier alpha value is -1.92. The van der Waals surface area contributed by atoms with Gasteiger partial charge in [-0.1, -0.05) is 6.07 Å². The van der Waals surface area contributed by atoms with Gasteiger partial charge in [0.05, 0.1) is 10.6 Å². The van der Waals surface area contributed by atoms with Crippen molar-refractivity contribution in [1.82, 2.24) is 4.98 Å². The van der Waals surface area contributed by atoms with Gasteiger partial charge in [-0.15, -0.1) is 0 Å². The van der Waals surface area contributed by atoms with Gasteiger partial charge in [0.25, 0.3) is 5.24 Å². The summed E-state index contributed by atoms with van der Waals surface area (Å²) >= 11 is 5.52. The molecule has 0 bridgehead atoms. The van der Waals surface area contributed by atoms with E-state index in [0.717, 1.165) is 6.26 Å². The normalized spacial score (nSPS) is 11.3. The third kappa shape index (κ3) is 3.28. The number of aromatic nitrogens is 1. The lowest BCUT2D eigenvalue weighted by Gasteiger charge is -2.22. The Kier molecular flexibility index (Phi) is 4.53. The van der Waals surface area contributed by atoms with Crippen LogP contribution in [0.4, 0.5) is 11.5 Å². The van der Waals surface area contributed by atoms with Crippen LogP contribution in [0.1, 0.15) is 15.9 Å². The molecule has 0 radical (unpaired) electrons. The molecule has 0 unspecified atom stereocenters. The minimum Gasteiger partial charge on any atom is -0.328 e. The molecule has 0 aliphatic rings. The molecule has 2 rings (SSSR count). The van der Waals surface area contributed by atoms with Crippen LogP contribution in [0.15, 0.2) is 41.4 Å². The maximum atomic E-state index is 12.1. The van der Waals surface area contributed by atoms with E-state index >= 15 is 0 Å². The number of rotatable bonds is 4. The number of pyridine rings is 1. The zero-order chi connectivity index (χ0) is 16.5. The van der Waals surface area contributed by atoms with Gasteiger partial charge >= 0.3 is 0 Å². The fourth-order valence-corrected chi connectivity index (χ4v) is 3.23. The predicted molar refractivity (Wildman–Crippen MR) is 86.8 cm³/mol. The van der Waals surface area contributed by atoms with Gasteiger partial charge < -0.3 is 4.90 Å². The van der Waals surface area contributed by atoms with Crippen LogP contribution in [0.3, 0.4) is 0 Å². The lowest BCUT2D eigenvalue weighted by Crippen LogP contribution is -2.16. The summed E-state index contributed by atoms with van der Waals surface area (Å²) in [6.07, 6.45) is 2.71. The Labute approximate surface area is 134 Å². The topological polar surface area (TPSA) is 67.3 Å². The first kappa shape index (κ1) is 16.5. The van der Waals surface area contributed by atoms with Crippen molar-refractivity contribution < 1.29 is 13.2 Å². The Balaban J connectivity index is 2.70. The molecule has 1 aromatic heterocycles. The van der Waals surface area contributed by atoms with Crippen molar-refractivity contribution in [3.05, 3.63) is 47.7 Å². The van der Waals surface area contributed by atoms with E-state index in [1.54, 1.807) is 43.3 Å². The minimum atomic E-state index is -3.54. The number of carbonyl (C=O) groups is 1. The summed E-state index contributed by atoms with van der Waals surface area (Å²) in [6, 6.07) is 8.29. The van der Waals surface area contributed by atoms with Gasteiger partial charge in [-0.05, 0) is 48.4 Å². The van der Waals surface area contributed by atoms with E-state index < -0.39 is 15.1 Å². The molecule has 2 aromatic rings. The molecule has 0 amide bonds. The molecule has 1 aromatic carbocycles. The molecule has 0 N–H and O–H groups in total. The summed E-state index contributed by atoms with van der Waals surface area (Å²) in [4.78, 5) is 17.3. The quantitative estimate of drug-likeness (QED) is 0.802. The Morgan fingerprint density at radius 1 is 1.27 bits per heavy atom. The summed E-state index contributed by atoms with van der Waals surface area (Å²) in [5.41, 5.74) is 1.23. The second-order valence-corrected chi connectivity index (χ2v) is 7.26. The van der Waals surface area contributed by atoms with E-state index in [2.05, 4.69) is 4.98 Å². The second-order valence-electron chi connectivity index (χ2n) is 4.93. The molecule has 0 aliphatic heterocycles. The molecule has 0 aliphatic carbocycles. The number of sulfone groups is 1. The Morgan fingerprint density at radius 3 is 2.45 bits per heavy atom. The number of halogens is 1. The van der Waals surface area contributed by atoms with Crippen LogP contribution >= 0.6 is 11.6 Å². The van der Waals surface area contributed by atoms with E-state index in [0.29, 0.717) is 17.1 Å². The van der Waals surface area contributed by atoms with Crippen molar-refractivity contribution in [3.63, 3.8) is 0 Å². The molecule has 0 spiro atoms. The number of hydrogen-bond acceptors (Lipinski definition) is 5. The van der Waals surface area contributed by atoms with Crippen LogP contribution in [0.5, 0.6) is 0 Å². The summed E-state index contributed by atoms with van der Waals surface area (Å²) in [5, 5.41) is -0.686. The van der Waals surface area contributed by atoms with Crippen LogP contribution in [0.25, 0.3) is 0 Å². The van der Waals surface area contributed by atoms with Crippen LogP contribution in [0.2, 0.25) is 0 Å². The molecule has 5 nitrogen and oxygen atoms in total. The first-order chi connectivity index (χ1) is 10.2. The standard InChI is InChI=1S/C15H15ClN2O3S/c1-10-8-12(18(2)14-6-4-5-7-17-14)13(22(3,20)21)9-11(10)15(16)19/h4-9H,1-3H3. The molecule has 116 valence electrons. The largest absolute Gasteiger partial charge is 0.328 e. The van der Waals surface area contributed by atoms with E-state index in [1.807, 2.05) is 6.07 Å². The van der Waals surface area contributed by atoms with Crippen molar-refractivity contribution in [2.24, 2.45) is 0 Å². The number of benzene rings is 1. The lowest BCUT2D eigenvalue weighted by atomic mass is 10.1. The Bertz CT molecular complexity index is 820. The van der Waals surface area contributed by atoms with Gasteiger partial charge in [0, 0.05) is 25.1 Å². The molecular weight excluding hydrogens is 324 g/mol. The molecule has 0 saturated carbocycles. The van der Waals surface area contributed by atoms with E-state index in [-0.39, 0.29) is 10.5 Å². The average Bonchev–Trinajstić information content (AvgIpc) is 2.45. The third-order valence-electron chi connectivity index (χ3n) is 3.27. The zero-order valence-electron chi connectivity index (χ0n) is 12.4. The fourth-order valence-electron chi connectivity index (χ4n) is 2.12. The van der Waals surface area contributed by atoms with E-state index in [9.17, 15) is 13.2 Å². The van der Waals surface area contributed by atoms with Crippen LogP contribution in [-0.4, -0.2) is 31.9 Å². The molecular formula is C15H15ClN2O3S. The molecule has 7 heteroatoms. The number of nitrogens with zero attached hydrogens (tertiary/aromatic N) is 2. The summed E-state index contributed by atoms with van der Waals surface area (Å²) < 4.78 is 24.1. The SMILES string of the molecule is Cc1cc(N(C)c2ccccn2)c(S(C)(=O)=O)cc1C(=O)Cl. The van der Waals surface area contributed by atoms with Gasteiger partial charge in [0.2, 0.25) is 0 Å². The van der Waals surface area contributed by atoms with Crippen molar-refractivity contribution in [3.8, 4) is 0 Å². The fraction of sp³-hybridized carbons (Fsp3) is 0.200. The molecule has 0 saturated heterocycles. The van der Waals surface area contributed by atoms with E-state index in [1.165, 1.54) is 6.07 Å². The van der Waals surface area contributed by atoms with Crippen molar-refractivity contribution in [2.75, 3.05) is 18.2 Å². The summed E-state index contributed by atoms with van der Waals surface area (Å²) in [7, 11) is -1.82. The third-order valence-corrected chi connectivity index (χ3v) is 4.60. The molecule has 1 heterocycles. The monoisotopic (exact) mass is 338 g/mol. The predicted octanol–water partition coefficient (Wildman–Crippen LogP) is 2.94. The van der Waals surface area contributed by atoms with Gasteiger partial charge in [-0.25, -0.2) is 13.4 Å². The van der Waals surface area contributed by atoms with E-state index in [4.69, 9.17) is 11.6 Å². The van der Waals surface area contributed by atoms with Gasteiger partial charge in [0.15, 0.2) is 9.84 Å². The smallest absolute Gasteiger partial charge is 0.252 e. The number of aryl methyl sites for hydroxylation is 1. The van der Waals surface area contributed by atoms with Gasteiger partial charge in [0.1, 0.15) is 5.82 Å². The first-order valence-electron chi connectivity index (χ1n) is 6.41. The highest BCUT2D eigenvalue weighted by molar-refractivity contribution is 7.90. The summed E-state index contributed by atoms with van der Waals surface area (Å²) in [5.74, 6) is 0.594. The highest BCUT2D eigenvalue weighted by Crippen LogP contribution is 2.32. The van der Waals surface area contributed by atoms with Crippen molar-refractivity contribution in [2.45, 2.75) is 11.8 Å². The van der Waals surface area contributed by atoms with Crippen LogP contribution < -0.4 is 4.90 Å². The average molecular weight is 339 g/mol. The lowest BCUT2D eigenvalue weighted by molar-refractivity contribution is 0.108.